The summed E-state index contributed by atoms with van der Waals surface area (Å²) in [5, 5.41) is 2.81. The first-order chi connectivity index (χ1) is 12.2. The topological polar surface area (TPSA) is 49.4 Å². The molecule has 1 N–H and O–H groups in total. The molecule has 1 aliphatic rings. The number of piperidine rings is 1. The van der Waals surface area contributed by atoms with E-state index in [4.69, 9.17) is 0 Å². The third-order valence-electron chi connectivity index (χ3n) is 4.27. The maximum absolute atomic E-state index is 12.9. The van der Waals surface area contributed by atoms with Gasteiger partial charge in [0.2, 0.25) is 0 Å². The second kappa shape index (κ2) is 8.29. The second-order valence-electron chi connectivity index (χ2n) is 6.14. The smallest absolute Gasteiger partial charge is 0.270 e. The molecule has 0 unspecified atom stereocenters. The Kier molecular flexibility index (Phi) is 5.62. The Balaban J connectivity index is 1.85. The quantitative estimate of drug-likeness (QED) is 0.871. The van der Waals surface area contributed by atoms with E-state index in [0.717, 1.165) is 37.9 Å². The fraction of sp³-hybridized carbons (Fsp3) is 0.238. The van der Waals surface area contributed by atoms with Crippen LogP contribution in [0.1, 0.15) is 35.2 Å². The minimum atomic E-state index is -0.270. The highest BCUT2D eigenvalue weighted by Crippen LogP contribution is 2.14. The van der Waals surface area contributed by atoms with Gasteiger partial charge in [0.25, 0.3) is 11.8 Å². The van der Waals surface area contributed by atoms with E-state index in [1.807, 2.05) is 53.4 Å². The molecule has 2 amide bonds. The van der Waals surface area contributed by atoms with Crippen LogP contribution >= 0.6 is 0 Å². The second-order valence-corrected chi connectivity index (χ2v) is 6.14. The van der Waals surface area contributed by atoms with Gasteiger partial charge in [-0.3, -0.25) is 9.59 Å². The molecular formula is C21H22N2O2. The SMILES string of the molecule is O=C(N/C(=C\c1ccccc1)C(=O)N1CCCCC1)c1ccccc1. The zero-order valence-electron chi connectivity index (χ0n) is 14.2. The summed E-state index contributed by atoms with van der Waals surface area (Å²) in [7, 11) is 0. The summed E-state index contributed by atoms with van der Waals surface area (Å²) in [5.41, 5.74) is 1.74. The molecule has 1 fully saturated rings. The Labute approximate surface area is 148 Å². The number of hydrogen-bond donors (Lipinski definition) is 1. The van der Waals surface area contributed by atoms with E-state index >= 15 is 0 Å². The van der Waals surface area contributed by atoms with Gasteiger partial charge in [-0.25, -0.2) is 0 Å². The minimum Gasteiger partial charge on any atom is -0.337 e. The van der Waals surface area contributed by atoms with Gasteiger partial charge in [-0.2, -0.15) is 0 Å². The van der Waals surface area contributed by atoms with E-state index in [1.165, 1.54) is 0 Å². The standard InChI is InChI=1S/C21H22N2O2/c24-20(18-12-6-2-7-13-18)22-19(16-17-10-4-1-5-11-17)21(25)23-14-8-3-9-15-23/h1-2,4-7,10-13,16H,3,8-9,14-15H2,(H,22,24)/b19-16-. The number of nitrogens with zero attached hydrogens (tertiary/aromatic N) is 1. The van der Waals surface area contributed by atoms with Crippen molar-refractivity contribution in [1.82, 2.24) is 10.2 Å². The number of nitrogens with one attached hydrogen (secondary N) is 1. The van der Waals surface area contributed by atoms with Crippen LogP contribution in [-0.2, 0) is 4.79 Å². The monoisotopic (exact) mass is 334 g/mol. The Hall–Kier alpha value is -2.88. The molecule has 0 spiro atoms. The van der Waals surface area contributed by atoms with Crippen molar-refractivity contribution in [3.8, 4) is 0 Å². The Morgan fingerprint density at radius 1 is 0.840 bits per heavy atom. The summed E-state index contributed by atoms with van der Waals surface area (Å²) in [6, 6.07) is 18.5. The van der Waals surface area contributed by atoms with Gasteiger partial charge in [-0.05, 0) is 43.0 Å². The molecule has 0 bridgehead atoms. The number of benzene rings is 2. The lowest BCUT2D eigenvalue weighted by atomic mass is 10.1. The number of carbonyl (C=O) groups is 2. The summed E-state index contributed by atoms with van der Waals surface area (Å²) in [5.74, 6) is -0.388. The van der Waals surface area contributed by atoms with Crippen molar-refractivity contribution in [1.29, 1.82) is 0 Å². The Morgan fingerprint density at radius 2 is 1.44 bits per heavy atom. The van der Waals surface area contributed by atoms with Crippen molar-refractivity contribution in [2.45, 2.75) is 19.3 Å². The van der Waals surface area contributed by atoms with E-state index in [0.29, 0.717) is 11.3 Å². The summed E-state index contributed by atoms with van der Waals surface area (Å²) in [6.07, 6.45) is 4.92. The van der Waals surface area contributed by atoms with Crippen molar-refractivity contribution in [3.63, 3.8) is 0 Å². The molecule has 0 aromatic heterocycles. The van der Waals surface area contributed by atoms with Gasteiger partial charge in [0.15, 0.2) is 0 Å². The third-order valence-corrected chi connectivity index (χ3v) is 4.27. The number of likely N-dealkylation sites (tertiary alicyclic amines) is 1. The average molecular weight is 334 g/mol. The van der Waals surface area contributed by atoms with Crippen molar-refractivity contribution >= 4 is 17.9 Å². The lowest BCUT2D eigenvalue weighted by Gasteiger charge is -2.27. The molecule has 2 aromatic carbocycles. The number of carbonyl (C=O) groups excluding carboxylic acids is 2. The molecule has 1 heterocycles. The van der Waals surface area contributed by atoms with Gasteiger partial charge < -0.3 is 10.2 Å². The predicted molar refractivity (Wildman–Crippen MR) is 98.8 cm³/mol. The van der Waals surface area contributed by atoms with Crippen LogP contribution in [0, 0.1) is 0 Å². The Bertz CT molecular complexity index is 748. The van der Waals surface area contributed by atoms with Crippen molar-refractivity contribution < 1.29 is 9.59 Å². The molecule has 3 rings (SSSR count). The molecular weight excluding hydrogens is 312 g/mol. The molecule has 0 aliphatic carbocycles. The maximum Gasteiger partial charge on any atom is 0.270 e. The molecule has 0 atom stereocenters. The van der Waals surface area contributed by atoms with Crippen molar-refractivity contribution in [3.05, 3.63) is 77.5 Å². The first kappa shape index (κ1) is 17.0. The summed E-state index contributed by atoms with van der Waals surface area (Å²) < 4.78 is 0. The molecule has 1 aliphatic heterocycles. The van der Waals surface area contributed by atoms with Crippen LogP contribution < -0.4 is 5.32 Å². The largest absolute Gasteiger partial charge is 0.337 e. The maximum atomic E-state index is 12.9. The average Bonchev–Trinajstić information content (AvgIpc) is 2.69. The van der Waals surface area contributed by atoms with Crippen molar-refractivity contribution in [2.24, 2.45) is 0 Å². The molecule has 0 radical (unpaired) electrons. The third kappa shape index (κ3) is 4.57. The van der Waals surface area contributed by atoms with Crippen LogP contribution in [0.2, 0.25) is 0 Å². The normalized spacial score (nSPS) is 14.9. The molecule has 128 valence electrons. The molecule has 4 heteroatoms. The molecule has 1 saturated heterocycles. The van der Waals surface area contributed by atoms with E-state index in [2.05, 4.69) is 5.32 Å². The minimum absolute atomic E-state index is 0.118. The number of rotatable bonds is 4. The first-order valence-corrected chi connectivity index (χ1v) is 8.66. The lowest BCUT2D eigenvalue weighted by molar-refractivity contribution is -0.128. The van der Waals surface area contributed by atoms with Gasteiger partial charge >= 0.3 is 0 Å². The van der Waals surface area contributed by atoms with Crippen LogP contribution in [0.5, 0.6) is 0 Å². The first-order valence-electron chi connectivity index (χ1n) is 8.66. The highest BCUT2D eigenvalue weighted by Gasteiger charge is 2.22. The molecule has 0 saturated carbocycles. The van der Waals surface area contributed by atoms with Gasteiger partial charge in [-0.15, -0.1) is 0 Å². The van der Waals surface area contributed by atoms with Gasteiger partial charge in [0.05, 0.1) is 0 Å². The summed E-state index contributed by atoms with van der Waals surface area (Å²) >= 11 is 0. The van der Waals surface area contributed by atoms with Gasteiger partial charge in [0, 0.05) is 18.7 Å². The lowest BCUT2D eigenvalue weighted by Crippen LogP contribution is -2.41. The van der Waals surface area contributed by atoms with Crippen LogP contribution in [0.4, 0.5) is 0 Å². The molecule has 25 heavy (non-hydrogen) atoms. The van der Waals surface area contributed by atoms with Crippen LogP contribution in [0.25, 0.3) is 6.08 Å². The highest BCUT2D eigenvalue weighted by molar-refractivity contribution is 6.05. The van der Waals surface area contributed by atoms with Crippen molar-refractivity contribution in [2.75, 3.05) is 13.1 Å². The molecule has 4 nitrogen and oxygen atoms in total. The highest BCUT2D eigenvalue weighted by atomic mass is 16.2. The molecule has 2 aromatic rings. The van der Waals surface area contributed by atoms with Crippen LogP contribution in [0.3, 0.4) is 0 Å². The van der Waals surface area contributed by atoms with E-state index in [9.17, 15) is 9.59 Å². The fourth-order valence-electron chi connectivity index (χ4n) is 2.92. The number of hydrogen-bond acceptors (Lipinski definition) is 2. The van der Waals surface area contributed by atoms with Gasteiger partial charge in [-0.1, -0.05) is 48.5 Å². The Morgan fingerprint density at radius 3 is 2.08 bits per heavy atom. The van der Waals surface area contributed by atoms with E-state index < -0.39 is 0 Å². The zero-order valence-corrected chi connectivity index (χ0v) is 14.2. The van der Waals surface area contributed by atoms with E-state index in [-0.39, 0.29) is 11.8 Å². The van der Waals surface area contributed by atoms with Crippen LogP contribution in [-0.4, -0.2) is 29.8 Å². The zero-order chi connectivity index (χ0) is 17.5. The summed E-state index contributed by atoms with van der Waals surface area (Å²) in [6.45, 7) is 1.48. The fourth-order valence-corrected chi connectivity index (χ4v) is 2.92. The number of amides is 2. The summed E-state index contributed by atoms with van der Waals surface area (Å²) in [4.78, 5) is 27.2. The predicted octanol–water partition coefficient (Wildman–Crippen LogP) is 3.47. The van der Waals surface area contributed by atoms with E-state index in [1.54, 1.807) is 18.2 Å². The van der Waals surface area contributed by atoms with Crippen LogP contribution in [0.15, 0.2) is 66.4 Å². The van der Waals surface area contributed by atoms with Gasteiger partial charge in [0.1, 0.15) is 5.70 Å².